The van der Waals surface area contributed by atoms with E-state index in [1.165, 1.54) is 44.5 Å². The summed E-state index contributed by atoms with van der Waals surface area (Å²) in [5, 5.41) is 12.8. The Labute approximate surface area is 775 Å². The SMILES string of the molecule is CC(Br)c1ccccc1.CC(c1ccccc1)N1CCC(c2ccc3c(c2)CN(C2CCC(=O)NC2=O)C3=O)CC1.C[C@@H](c1ccccc1)N1CCC(c2ccc3c(c2)CN(C2CCC(=O)NC2=O)C3=O)CC1.C[C@H](c1ccccc1)N1CCC(c2ccc3c(c2)CN(C2CCC(=O)NC2=O)C3=O)CC1.Cl.O=C1CCC(N2Cc3cc(C4CCNCC4)ccc3C2=O)C(=O)N1. The van der Waals surface area contributed by atoms with Gasteiger partial charge in [-0.05, 0) is 272 Å². The van der Waals surface area contributed by atoms with E-state index in [9.17, 15) is 57.5 Å². The molecule has 0 aliphatic carbocycles. The summed E-state index contributed by atoms with van der Waals surface area (Å²) in [5.41, 5.74) is 17.3. The molecule has 8 aromatic carbocycles. The number of rotatable bonds is 15. The van der Waals surface area contributed by atoms with Gasteiger partial charge in [0.2, 0.25) is 47.3 Å². The van der Waals surface area contributed by atoms with Gasteiger partial charge in [0.05, 0.1) is 0 Å². The lowest BCUT2D eigenvalue weighted by Crippen LogP contribution is -2.52. The molecule has 12 amide bonds. The van der Waals surface area contributed by atoms with E-state index >= 15 is 0 Å². The van der Waals surface area contributed by atoms with Gasteiger partial charge in [-0.3, -0.25) is 93.5 Å². The molecule has 5 N–H and O–H groups in total. The average molecular weight is 1840 g/mol. The molecule has 8 fully saturated rings. The molecule has 0 spiro atoms. The second-order valence-electron chi connectivity index (χ2n) is 36.5. The molecule has 0 aromatic heterocycles. The van der Waals surface area contributed by atoms with Crippen LogP contribution in [0.15, 0.2) is 194 Å². The summed E-state index contributed by atoms with van der Waals surface area (Å²) in [7, 11) is 0. The highest BCUT2D eigenvalue weighted by Crippen LogP contribution is 2.42. The first-order chi connectivity index (χ1) is 62.5. The molecule has 20 rings (SSSR count). The van der Waals surface area contributed by atoms with Crippen molar-refractivity contribution in [2.24, 2.45) is 0 Å². The summed E-state index contributed by atoms with van der Waals surface area (Å²) in [4.78, 5) is 161. The number of halogens is 2. The summed E-state index contributed by atoms with van der Waals surface area (Å²) < 4.78 is 0. The fourth-order valence-electron chi connectivity index (χ4n) is 21.0. The highest BCUT2D eigenvalue weighted by molar-refractivity contribution is 9.09. The lowest BCUT2D eigenvalue weighted by Gasteiger charge is -2.36. The zero-order valence-corrected chi connectivity index (χ0v) is 76.9. The van der Waals surface area contributed by atoms with Crippen LogP contribution in [0, 0.1) is 0 Å². The van der Waals surface area contributed by atoms with Crippen LogP contribution in [0.5, 0.6) is 0 Å². The number of amides is 12. The number of nitrogens with one attached hydrogen (secondary N) is 5. The molecule has 0 radical (unpaired) electrons. The Morgan fingerprint density at radius 1 is 0.285 bits per heavy atom. The summed E-state index contributed by atoms with van der Waals surface area (Å²) in [6.45, 7) is 19.1. The summed E-state index contributed by atoms with van der Waals surface area (Å²) >= 11 is 3.48. The molecule has 12 aliphatic heterocycles. The maximum Gasteiger partial charge on any atom is 0.255 e. The number of fused-ring (bicyclic) bond motifs is 4. The maximum atomic E-state index is 12.9. The minimum atomic E-state index is -0.557. The van der Waals surface area contributed by atoms with Crippen molar-refractivity contribution in [1.29, 1.82) is 0 Å². The van der Waals surface area contributed by atoms with Crippen LogP contribution in [-0.2, 0) is 64.5 Å². The molecule has 12 heterocycles. The van der Waals surface area contributed by atoms with Crippen molar-refractivity contribution in [3.8, 4) is 0 Å². The van der Waals surface area contributed by atoms with Gasteiger partial charge in [0.25, 0.3) is 23.6 Å². The number of hydrogen-bond acceptors (Lipinski definition) is 16. The zero-order valence-electron chi connectivity index (χ0n) is 74.5. The lowest BCUT2D eigenvalue weighted by atomic mass is 9.87. The third-order valence-corrected chi connectivity index (χ3v) is 29.3. The van der Waals surface area contributed by atoms with E-state index in [-0.39, 0.29) is 109 Å². The average Bonchev–Trinajstić information content (AvgIpc) is 1.64. The summed E-state index contributed by atoms with van der Waals surface area (Å²) in [6.07, 6.45) is 11.5. The van der Waals surface area contributed by atoms with Gasteiger partial charge in [0.15, 0.2) is 0 Å². The van der Waals surface area contributed by atoms with E-state index in [4.69, 9.17) is 0 Å². The molecule has 0 saturated carbocycles. The Balaban J connectivity index is 0.000000129. The monoisotopic (exact) mass is 1840 g/mol. The molecule has 8 atom stereocenters. The summed E-state index contributed by atoms with van der Waals surface area (Å²) in [5.74, 6) is -0.882. The number of imide groups is 4. The molecule has 130 heavy (non-hydrogen) atoms. The van der Waals surface area contributed by atoms with E-state index in [2.05, 4.69) is 237 Å². The normalized spacial score (nSPS) is 22.7. The van der Waals surface area contributed by atoms with Crippen LogP contribution in [0.1, 0.15) is 285 Å². The number of likely N-dealkylation sites (tertiary alicyclic amines) is 3. The third-order valence-electron chi connectivity index (χ3n) is 28.8. The van der Waals surface area contributed by atoms with E-state index < -0.39 is 24.2 Å². The van der Waals surface area contributed by atoms with Gasteiger partial charge in [-0.2, -0.15) is 0 Å². The predicted molar refractivity (Wildman–Crippen MR) is 501 cm³/mol. The Bertz CT molecular complexity index is 5100. The Hall–Kier alpha value is -11.2. The number of carbonyl (C=O) groups excluding carboxylic acids is 12. The molecule has 24 nitrogen and oxygen atoms in total. The minimum absolute atomic E-state index is 0. The van der Waals surface area contributed by atoms with Crippen LogP contribution >= 0.6 is 28.3 Å². The van der Waals surface area contributed by atoms with Crippen LogP contribution in [0.25, 0.3) is 0 Å². The highest BCUT2D eigenvalue weighted by atomic mass is 79.9. The second kappa shape index (κ2) is 42.4. The van der Waals surface area contributed by atoms with Crippen molar-refractivity contribution < 1.29 is 57.5 Å². The Kier molecular flexibility index (Phi) is 30.5. The van der Waals surface area contributed by atoms with Crippen molar-refractivity contribution in [1.82, 2.24) is 60.9 Å². The first-order valence-corrected chi connectivity index (χ1v) is 47.3. The Morgan fingerprint density at radius 3 is 0.723 bits per heavy atom. The van der Waals surface area contributed by atoms with Crippen molar-refractivity contribution in [3.63, 3.8) is 0 Å². The van der Waals surface area contributed by atoms with Crippen molar-refractivity contribution in [2.75, 3.05) is 52.4 Å². The number of hydrogen-bond donors (Lipinski definition) is 5. The molecular weight excluding hydrogens is 1720 g/mol. The molecule has 8 aromatic rings. The quantitative estimate of drug-likeness (QED) is 0.0471. The van der Waals surface area contributed by atoms with Crippen LogP contribution in [0.2, 0.25) is 0 Å². The van der Waals surface area contributed by atoms with Crippen LogP contribution < -0.4 is 26.6 Å². The molecule has 26 heteroatoms. The third kappa shape index (κ3) is 21.4. The smallest absolute Gasteiger partial charge is 0.255 e. The van der Waals surface area contributed by atoms with E-state index in [0.29, 0.717) is 121 Å². The Morgan fingerprint density at radius 2 is 0.508 bits per heavy atom. The van der Waals surface area contributed by atoms with E-state index in [0.717, 1.165) is 126 Å². The number of benzene rings is 8. The van der Waals surface area contributed by atoms with Gasteiger partial charge in [-0.25, -0.2) is 0 Å². The van der Waals surface area contributed by atoms with Crippen molar-refractivity contribution in [2.45, 2.75) is 227 Å². The topological polar surface area (TPSA) is 288 Å². The van der Waals surface area contributed by atoms with Crippen LogP contribution in [0.3, 0.4) is 0 Å². The van der Waals surface area contributed by atoms with E-state index in [1.54, 1.807) is 19.6 Å². The zero-order chi connectivity index (χ0) is 90.1. The molecule has 12 aliphatic rings. The molecular formula is C104H118BrClN12O12. The van der Waals surface area contributed by atoms with Gasteiger partial charge in [0.1, 0.15) is 24.2 Å². The van der Waals surface area contributed by atoms with Crippen LogP contribution in [0.4, 0.5) is 0 Å². The molecule has 0 bridgehead atoms. The van der Waals surface area contributed by atoms with Gasteiger partial charge >= 0.3 is 0 Å². The number of nitrogens with zero attached hydrogens (tertiary/aromatic N) is 7. The number of alkyl halides is 1. The minimum Gasteiger partial charge on any atom is -0.322 e. The first kappa shape index (κ1) is 93.5. The molecule has 8 saturated heterocycles. The van der Waals surface area contributed by atoms with E-state index in [1.807, 2.05) is 42.5 Å². The second-order valence-corrected chi connectivity index (χ2v) is 37.9. The fraction of sp³-hybridized carbons (Fsp3) is 0.423. The first-order valence-electron chi connectivity index (χ1n) is 46.3. The van der Waals surface area contributed by atoms with Gasteiger partial charge in [-0.15, -0.1) is 12.4 Å². The van der Waals surface area contributed by atoms with Crippen molar-refractivity contribution >= 4 is 99.2 Å². The lowest BCUT2D eigenvalue weighted by molar-refractivity contribution is -0.138. The van der Waals surface area contributed by atoms with Gasteiger partial charge in [0, 0.05) is 97.1 Å². The highest BCUT2D eigenvalue weighted by Gasteiger charge is 2.45. The standard InChI is InChI=1S/3C26H29N3O3.C18H21N3O3.C8H9Br.ClH/c3*1-17(18-5-3-2-4-6-18)28-13-11-19(12-14-28)20-7-8-22-21(15-20)16-29(26(22)32)23-9-10-24(30)27-25(23)31;22-16-4-3-15(17(23)20-16)21-10-13-9-12(1-2-14(13)18(21)24)11-5-7-19-8-6-11;1-7(9)8-5-3-2-4-6-8;/h3*2-8,15,17,19,23H,9-14,16H2,1H3,(H,27,30,31);1-2,9,11,15,19H,3-8,10H2,(H,20,22,23);2-7H,1H3;1H/t2*17-,23?;;;;/m10..../s1. The van der Waals surface area contributed by atoms with Crippen molar-refractivity contribution in [3.05, 3.63) is 283 Å². The largest absolute Gasteiger partial charge is 0.322 e. The van der Waals surface area contributed by atoms with Gasteiger partial charge in [-0.1, -0.05) is 186 Å². The predicted octanol–water partition coefficient (Wildman–Crippen LogP) is 14.6. The van der Waals surface area contributed by atoms with Crippen LogP contribution in [-0.4, -0.2) is 182 Å². The molecule has 6 unspecified atom stereocenters. The number of carbonyl (C=O) groups is 12. The summed E-state index contributed by atoms with van der Waals surface area (Å²) in [6, 6.07) is 66.0. The fourth-order valence-corrected chi connectivity index (χ4v) is 21.3. The number of piperidine rings is 8. The maximum absolute atomic E-state index is 12.9. The molecule has 680 valence electrons. The van der Waals surface area contributed by atoms with Gasteiger partial charge < -0.3 is 24.9 Å².